The van der Waals surface area contributed by atoms with Gasteiger partial charge in [0.2, 0.25) is 0 Å². The van der Waals surface area contributed by atoms with Crippen LogP contribution in [-0.4, -0.2) is 23.0 Å². The van der Waals surface area contributed by atoms with Gasteiger partial charge in [-0.15, -0.1) is 0 Å². The maximum atomic E-state index is 12.3. The Kier molecular flexibility index (Phi) is 5.33. The molecule has 1 aliphatic rings. The van der Waals surface area contributed by atoms with Crippen LogP contribution in [0.4, 0.5) is 0 Å². The van der Waals surface area contributed by atoms with Gasteiger partial charge >= 0.3 is 5.97 Å². The molecule has 2 aromatic carbocycles. The molecule has 0 aromatic heterocycles. The molecule has 0 unspecified atom stereocenters. The van der Waals surface area contributed by atoms with Crippen LogP contribution in [0, 0.1) is 5.92 Å². The molecule has 0 saturated heterocycles. The normalized spacial score (nSPS) is 19.8. The molecule has 2 N–H and O–H groups in total. The van der Waals surface area contributed by atoms with Crippen molar-refractivity contribution in [3.63, 3.8) is 0 Å². The van der Waals surface area contributed by atoms with Gasteiger partial charge in [0.05, 0.1) is 5.92 Å². The third kappa shape index (κ3) is 4.59. The molecule has 5 heteroatoms. The highest BCUT2D eigenvalue weighted by Crippen LogP contribution is 2.25. The molecule has 2 aromatic rings. The number of carboxylic acid groups (broad SMARTS) is 1. The number of hydrogen-bond donors (Lipinski definition) is 2. The van der Waals surface area contributed by atoms with Gasteiger partial charge in [0.1, 0.15) is 11.5 Å². The highest BCUT2D eigenvalue weighted by molar-refractivity contribution is 5.94. The minimum Gasteiger partial charge on any atom is -0.481 e. The van der Waals surface area contributed by atoms with Gasteiger partial charge in [-0.1, -0.05) is 18.2 Å². The number of amides is 1. The van der Waals surface area contributed by atoms with Crippen LogP contribution in [0.2, 0.25) is 0 Å². The lowest BCUT2D eigenvalue weighted by Crippen LogP contribution is -2.38. The van der Waals surface area contributed by atoms with Crippen molar-refractivity contribution in [3.8, 4) is 11.5 Å². The molecule has 0 aliphatic heterocycles. The summed E-state index contributed by atoms with van der Waals surface area (Å²) in [6, 6.07) is 16.5. The Morgan fingerprint density at radius 1 is 0.880 bits per heavy atom. The summed E-state index contributed by atoms with van der Waals surface area (Å²) in [4.78, 5) is 23.3. The summed E-state index contributed by atoms with van der Waals surface area (Å²) in [6.45, 7) is 0. The standard InChI is InChI=1S/C20H21NO4/c22-19(21-16-10-6-15(7-11-16)20(23)24)14-8-12-18(13-9-14)25-17-4-2-1-3-5-17/h1-5,8-9,12-13,15-16H,6-7,10-11H2,(H,21,22)(H,23,24). The van der Waals surface area contributed by atoms with Crippen molar-refractivity contribution < 1.29 is 19.4 Å². The first-order valence-corrected chi connectivity index (χ1v) is 8.48. The second-order valence-electron chi connectivity index (χ2n) is 6.30. The van der Waals surface area contributed by atoms with Crippen molar-refractivity contribution >= 4 is 11.9 Å². The van der Waals surface area contributed by atoms with Crippen molar-refractivity contribution in [2.75, 3.05) is 0 Å². The minimum atomic E-state index is -0.737. The lowest BCUT2D eigenvalue weighted by atomic mass is 9.86. The zero-order valence-electron chi connectivity index (χ0n) is 13.9. The highest BCUT2D eigenvalue weighted by Gasteiger charge is 2.26. The first-order chi connectivity index (χ1) is 12.1. The molecular formula is C20H21NO4. The number of aliphatic carboxylic acids is 1. The van der Waals surface area contributed by atoms with Crippen LogP contribution in [0.5, 0.6) is 11.5 Å². The van der Waals surface area contributed by atoms with E-state index in [0.29, 0.717) is 37.0 Å². The van der Waals surface area contributed by atoms with E-state index >= 15 is 0 Å². The topological polar surface area (TPSA) is 75.6 Å². The van der Waals surface area contributed by atoms with Crippen LogP contribution in [0.25, 0.3) is 0 Å². The maximum absolute atomic E-state index is 12.3. The van der Waals surface area contributed by atoms with Crippen LogP contribution < -0.4 is 10.1 Å². The first kappa shape index (κ1) is 17.0. The molecule has 1 amide bonds. The second-order valence-corrected chi connectivity index (χ2v) is 6.30. The molecule has 0 atom stereocenters. The molecule has 0 bridgehead atoms. The highest BCUT2D eigenvalue weighted by atomic mass is 16.5. The van der Waals surface area contributed by atoms with E-state index in [1.807, 2.05) is 30.3 Å². The van der Waals surface area contributed by atoms with Gasteiger partial charge < -0.3 is 15.2 Å². The van der Waals surface area contributed by atoms with Gasteiger partial charge in [0, 0.05) is 11.6 Å². The number of para-hydroxylation sites is 1. The third-order valence-electron chi connectivity index (χ3n) is 4.51. The quantitative estimate of drug-likeness (QED) is 0.867. The Balaban J connectivity index is 1.53. The van der Waals surface area contributed by atoms with Gasteiger partial charge in [0.15, 0.2) is 0 Å². The molecule has 0 spiro atoms. The van der Waals surface area contributed by atoms with Crippen molar-refractivity contribution in [1.82, 2.24) is 5.32 Å². The summed E-state index contributed by atoms with van der Waals surface area (Å²) in [7, 11) is 0. The molecular weight excluding hydrogens is 318 g/mol. The van der Waals surface area contributed by atoms with E-state index in [0.717, 1.165) is 5.75 Å². The van der Waals surface area contributed by atoms with Crippen molar-refractivity contribution in [1.29, 1.82) is 0 Å². The third-order valence-corrected chi connectivity index (χ3v) is 4.51. The molecule has 0 heterocycles. The zero-order chi connectivity index (χ0) is 17.6. The Morgan fingerprint density at radius 2 is 1.48 bits per heavy atom. The van der Waals surface area contributed by atoms with E-state index in [2.05, 4.69) is 5.32 Å². The number of hydrogen-bond acceptors (Lipinski definition) is 3. The van der Waals surface area contributed by atoms with Crippen molar-refractivity contribution in [2.24, 2.45) is 5.92 Å². The number of rotatable bonds is 5. The summed E-state index contributed by atoms with van der Waals surface area (Å²) in [5.41, 5.74) is 0.570. The second kappa shape index (κ2) is 7.83. The van der Waals surface area contributed by atoms with E-state index in [4.69, 9.17) is 9.84 Å². The number of carboxylic acids is 1. The molecule has 1 fully saturated rings. The van der Waals surface area contributed by atoms with Gasteiger partial charge in [-0.05, 0) is 62.1 Å². The number of nitrogens with one attached hydrogen (secondary N) is 1. The van der Waals surface area contributed by atoms with Crippen LogP contribution in [0.1, 0.15) is 36.0 Å². The summed E-state index contributed by atoms with van der Waals surface area (Å²) in [5, 5.41) is 12.0. The van der Waals surface area contributed by atoms with Gasteiger partial charge in [-0.25, -0.2) is 0 Å². The van der Waals surface area contributed by atoms with E-state index in [1.54, 1.807) is 24.3 Å². The molecule has 1 aliphatic carbocycles. The summed E-state index contributed by atoms with van der Waals surface area (Å²) in [6.07, 6.45) is 2.64. The SMILES string of the molecule is O=C(NC1CCC(C(=O)O)CC1)c1ccc(Oc2ccccc2)cc1. The summed E-state index contributed by atoms with van der Waals surface area (Å²) in [5.74, 6) is 0.269. The van der Waals surface area contributed by atoms with E-state index in [9.17, 15) is 9.59 Å². The van der Waals surface area contributed by atoms with Crippen LogP contribution in [0.3, 0.4) is 0 Å². The molecule has 25 heavy (non-hydrogen) atoms. The van der Waals surface area contributed by atoms with E-state index in [-0.39, 0.29) is 17.9 Å². The lowest BCUT2D eigenvalue weighted by molar-refractivity contribution is -0.142. The van der Waals surface area contributed by atoms with Gasteiger partial charge in [-0.2, -0.15) is 0 Å². The van der Waals surface area contributed by atoms with E-state index < -0.39 is 5.97 Å². The fourth-order valence-electron chi connectivity index (χ4n) is 3.05. The van der Waals surface area contributed by atoms with Crippen molar-refractivity contribution in [3.05, 3.63) is 60.2 Å². The Labute approximate surface area is 146 Å². The average molecular weight is 339 g/mol. The van der Waals surface area contributed by atoms with Crippen LogP contribution >= 0.6 is 0 Å². The molecule has 5 nitrogen and oxygen atoms in total. The number of ether oxygens (including phenoxy) is 1. The fourth-order valence-corrected chi connectivity index (χ4v) is 3.05. The lowest BCUT2D eigenvalue weighted by Gasteiger charge is -2.26. The average Bonchev–Trinajstić information content (AvgIpc) is 2.63. The first-order valence-electron chi connectivity index (χ1n) is 8.48. The summed E-state index contributed by atoms with van der Waals surface area (Å²) >= 11 is 0. The smallest absolute Gasteiger partial charge is 0.306 e. The predicted octanol–water partition coefficient (Wildman–Crippen LogP) is 3.85. The summed E-state index contributed by atoms with van der Waals surface area (Å²) < 4.78 is 5.71. The van der Waals surface area contributed by atoms with Gasteiger partial charge in [-0.3, -0.25) is 9.59 Å². The van der Waals surface area contributed by atoms with Crippen molar-refractivity contribution in [2.45, 2.75) is 31.7 Å². The van der Waals surface area contributed by atoms with Crippen LogP contribution in [-0.2, 0) is 4.79 Å². The minimum absolute atomic E-state index is 0.0448. The Morgan fingerprint density at radius 3 is 2.08 bits per heavy atom. The number of carbonyl (C=O) groups excluding carboxylic acids is 1. The van der Waals surface area contributed by atoms with Gasteiger partial charge in [0.25, 0.3) is 5.91 Å². The molecule has 0 radical (unpaired) electrons. The molecule has 1 saturated carbocycles. The Bertz CT molecular complexity index is 719. The monoisotopic (exact) mass is 339 g/mol. The van der Waals surface area contributed by atoms with E-state index in [1.165, 1.54) is 0 Å². The zero-order valence-corrected chi connectivity index (χ0v) is 13.9. The Hall–Kier alpha value is -2.82. The molecule has 3 rings (SSSR count). The number of carbonyl (C=O) groups is 2. The maximum Gasteiger partial charge on any atom is 0.306 e. The van der Waals surface area contributed by atoms with Crippen LogP contribution in [0.15, 0.2) is 54.6 Å². The number of benzene rings is 2. The predicted molar refractivity (Wildman–Crippen MR) is 93.8 cm³/mol. The fraction of sp³-hybridized carbons (Fsp3) is 0.300. The molecule has 130 valence electrons. The largest absolute Gasteiger partial charge is 0.481 e.